The molecule has 0 aliphatic carbocycles. The zero-order valence-corrected chi connectivity index (χ0v) is 25.5. The Morgan fingerprint density at radius 3 is 1.58 bits per heavy atom. The summed E-state index contributed by atoms with van der Waals surface area (Å²) < 4.78 is 5.67. The van der Waals surface area contributed by atoms with Gasteiger partial charge in [-0.2, -0.15) is 0 Å². The molecule has 0 saturated carbocycles. The fourth-order valence-electron chi connectivity index (χ4n) is 5.56. The fraction of sp³-hybridized carbons (Fsp3) is 0.800. The van der Waals surface area contributed by atoms with E-state index in [1.165, 1.54) is 89.9 Å². The lowest BCUT2D eigenvalue weighted by atomic mass is 9.75. The topological polar surface area (TPSA) is 46.5 Å². The molecule has 0 aromatic heterocycles. The van der Waals surface area contributed by atoms with Gasteiger partial charge in [-0.25, -0.2) is 0 Å². The number of unbranched alkanes of at least 4 members (excludes halogenated alkanes) is 17. The molecule has 220 valence electrons. The zero-order chi connectivity index (χ0) is 27.7. The van der Waals surface area contributed by atoms with Crippen LogP contribution in [0.4, 0.5) is 0 Å². The highest BCUT2D eigenvalue weighted by molar-refractivity contribution is 5.74. The van der Waals surface area contributed by atoms with Gasteiger partial charge in [0.15, 0.2) is 0 Å². The molecule has 0 radical (unpaired) electrons. The molecule has 3 heteroatoms. The van der Waals surface area contributed by atoms with E-state index in [2.05, 4.69) is 20.8 Å². The number of carbonyl (C=O) groups excluding carboxylic acids is 1. The molecule has 0 aliphatic rings. The van der Waals surface area contributed by atoms with Crippen molar-refractivity contribution in [2.75, 3.05) is 6.61 Å². The molecule has 0 spiro atoms. The van der Waals surface area contributed by atoms with Gasteiger partial charge >= 0.3 is 5.97 Å². The molecule has 0 heterocycles. The third-order valence-corrected chi connectivity index (χ3v) is 8.13. The van der Waals surface area contributed by atoms with Gasteiger partial charge in [0.05, 0.1) is 12.5 Å². The number of hydrogen-bond donors (Lipinski definition) is 1. The average Bonchev–Trinajstić information content (AvgIpc) is 2.94. The van der Waals surface area contributed by atoms with Crippen molar-refractivity contribution in [2.45, 2.75) is 168 Å². The Labute approximate surface area is 236 Å². The van der Waals surface area contributed by atoms with Gasteiger partial charge in [-0.05, 0) is 24.8 Å². The third-order valence-electron chi connectivity index (χ3n) is 8.13. The van der Waals surface area contributed by atoms with Crippen LogP contribution in [0.25, 0.3) is 0 Å². The second-order valence-corrected chi connectivity index (χ2v) is 11.6. The Morgan fingerprint density at radius 1 is 0.658 bits per heavy atom. The van der Waals surface area contributed by atoms with E-state index in [-0.39, 0.29) is 5.97 Å². The first-order valence-electron chi connectivity index (χ1n) is 16.5. The van der Waals surface area contributed by atoms with Crippen LogP contribution < -0.4 is 0 Å². The second-order valence-electron chi connectivity index (χ2n) is 11.6. The number of carbonyl (C=O) groups is 1. The van der Waals surface area contributed by atoms with Crippen molar-refractivity contribution in [1.82, 2.24) is 0 Å². The first-order chi connectivity index (χ1) is 18.6. The Balaban J connectivity index is 2.38. The van der Waals surface area contributed by atoms with Gasteiger partial charge in [0.1, 0.15) is 5.60 Å². The van der Waals surface area contributed by atoms with E-state index < -0.39 is 11.5 Å². The summed E-state index contributed by atoms with van der Waals surface area (Å²) >= 11 is 0. The molecule has 2 atom stereocenters. The Hall–Kier alpha value is -1.35. The van der Waals surface area contributed by atoms with Crippen LogP contribution in [0.5, 0.6) is 0 Å². The van der Waals surface area contributed by atoms with Crippen LogP contribution in [0.15, 0.2) is 30.3 Å². The van der Waals surface area contributed by atoms with Crippen molar-refractivity contribution in [3.05, 3.63) is 35.9 Å². The number of aliphatic hydroxyl groups is 1. The predicted octanol–water partition coefficient (Wildman–Crippen LogP) is 10.7. The minimum Gasteiger partial charge on any atom is -0.465 e. The van der Waals surface area contributed by atoms with Crippen LogP contribution in [0, 0.1) is 5.92 Å². The average molecular weight is 531 g/mol. The number of esters is 1. The van der Waals surface area contributed by atoms with E-state index in [4.69, 9.17) is 4.74 Å². The van der Waals surface area contributed by atoms with Crippen LogP contribution in [-0.2, 0) is 15.1 Å². The van der Waals surface area contributed by atoms with Gasteiger partial charge in [0.25, 0.3) is 0 Å². The van der Waals surface area contributed by atoms with E-state index >= 15 is 0 Å². The molecular weight excluding hydrogens is 468 g/mol. The Bertz CT molecular complexity index is 658. The quantitative estimate of drug-likeness (QED) is 0.0957. The highest BCUT2D eigenvalue weighted by Crippen LogP contribution is 2.39. The lowest BCUT2D eigenvalue weighted by molar-refractivity contribution is -0.161. The first-order valence-corrected chi connectivity index (χ1v) is 16.5. The van der Waals surface area contributed by atoms with Gasteiger partial charge < -0.3 is 9.84 Å². The van der Waals surface area contributed by atoms with Crippen LogP contribution in [-0.4, -0.2) is 17.7 Å². The maximum atomic E-state index is 13.2. The summed E-state index contributed by atoms with van der Waals surface area (Å²) in [4.78, 5) is 13.2. The normalized spacial score (nSPS) is 13.8. The van der Waals surface area contributed by atoms with Gasteiger partial charge in [-0.3, -0.25) is 4.79 Å². The molecular formula is C35H62O3. The van der Waals surface area contributed by atoms with E-state index in [1.54, 1.807) is 0 Å². The zero-order valence-electron chi connectivity index (χ0n) is 25.5. The molecule has 0 aliphatic heterocycles. The summed E-state index contributed by atoms with van der Waals surface area (Å²) in [6.07, 6.45) is 26.4. The van der Waals surface area contributed by atoms with Crippen molar-refractivity contribution in [3.63, 3.8) is 0 Å². The maximum absolute atomic E-state index is 13.2. The van der Waals surface area contributed by atoms with Gasteiger partial charge in [0.2, 0.25) is 0 Å². The van der Waals surface area contributed by atoms with E-state index in [9.17, 15) is 9.90 Å². The van der Waals surface area contributed by atoms with Crippen molar-refractivity contribution in [1.29, 1.82) is 0 Å². The van der Waals surface area contributed by atoms with Crippen LogP contribution in [0.2, 0.25) is 0 Å². The minimum absolute atomic E-state index is 0.220. The minimum atomic E-state index is -1.16. The van der Waals surface area contributed by atoms with Gasteiger partial charge in [-0.15, -0.1) is 0 Å². The number of ether oxygens (including phenoxy) is 1. The molecule has 1 N–H and O–H groups in total. The van der Waals surface area contributed by atoms with Crippen molar-refractivity contribution in [2.24, 2.45) is 5.92 Å². The lowest BCUT2D eigenvalue weighted by Crippen LogP contribution is -2.41. The summed E-state index contributed by atoms with van der Waals surface area (Å²) in [7, 11) is 0. The first kappa shape index (κ1) is 34.7. The van der Waals surface area contributed by atoms with Crippen molar-refractivity contribution >= 4 is 5.97 Å². The number of rotatable bonds is 26. The van der Waals surface area contributed by atoms with Crippen LogP contribution in [0.1, 0.15) is 168 Å². The molecule has 0 amide bonds. The van der Waals surface area contributed by atoms with Crippen LogP contribution in [0.3, 0.4) is 0 Å². The molecule has 0 fully saturated rings. The summed E-state index contributed by atoms with van der Waals surface area (Å²) in [5.74, 6) is -0.721. The Morgan fingerprint density at radius 2 is 1.11 bits per heavy atom. The van der Waals surface area contributed by atoms with Gasteiger partial charge in [-0.1, -0.05) is 173 Å². The lowest BCUT2D eigenvalue weighted by Gasteiger charge is -2.36. The highest BCUT2D eigenvalue weighted by Gasteiger charge is 2.42. The van der Waals surface area contributed by atoms with Gasteiger partial charge in [0, 0.05) is 0 Å². The van der Waals surface area contributed by atoms with E-state index in [0.29, 0.717) is 19.4 Å². The molecule has 2 unspecified atom stereocenters. The summed E-state index contributed by atoms with van der Waals surface area (Å²) in [5, 5.41) is 11.9. The molecule has 38 heavy (non-hydrogen) atoms. The number of hydrogen-bond acceptors (Lipinski definition) is 3. The largest absolute Gasteiger partial charge is 0.465 e. The SMILES string of the molecule is CCCCCCCCCCCCCCCCCCC(C(=O)OCCCC)C(O)(CCCC)c1ccccc1. The predicted molar refractivity (Wildman–Crippen MR) is 163 cm³/mol. The van der Waals surface area contributed by atoms with Crippen molar-refractivity contribution < 1.29 is 14.6 Å². The molecule has 1 aromatic carbocycles. The summed E-state index contributed by atoms with van der Waals surface area (Å²) in [6.45, 7) is 6.97. The monoisotopic (exact) mass is 530 g/mol. The highest BCUT2D eigenvalue weighted by atomic mass is 16.5. The van der Waals surface area contributed by atoms with E-state index in [0.717, 1.165) is 44.1 Å². The van der Waals surface area contributed by atoms with Crippen molar-refractivity contribution in [3.8, 4) is 0 Å². The molecule has 0 bridgehead atoms. The molecule has 3 nitrogen and oxygen atoms in total. The van der Waals surface area contributed by atoms with E-state index in [1.807, 2.05) is 30.3 Å². The van der Waals surface area contributed by atoms with Crippen LogP contribution >= 0.6 is 0 Å². The second kappa shape index (κ2) is 23.5. The third kappa shape index (κ3) is 15.3. The Kier molecular flexibility index (Phi) is 21.5. The summed E-state index contributed by atoms with van der Waals surface area (Å²) in [6, 6.07) is 9.82. The molecule has 1 rings (SSSR count). The fourth-order valence-corrected chi connectivity index (χ4v) is 5.56. The smallest absolute Gasteiger partial charge is 0.312 e. The molecule has 0 saturated heterocycles. The molecule has 1 aromatic rings. The summed E-state index contributed by atoms with van der Waals surface area (Å²) in [5.41, 5.74) is -0.307. The standard InChI is InChI=1S/C35H62O3/c1-4-7-10-11-12-13-14-15-16-17-18-19-20-21-22-26-29-33(34(36)38-31-9-6-3)35(37,30-8-5-2)32-27-24-23-25-28-32/h23-25,27-28,33,37H,4-22,26,29-31H2,1-3H3. The maximum Gasteiger partial charge on any atom is 0.312 e. The number of benzene rings is 1.